The van der Waals surface area contributed by atoms with Gasteiger partial charge >= 0.3 is 0 Å². The minimum absolute atomic E-state index is 0.127. The molecule has 0 spiro atoms. The van der Waals surface area contributed by atoms with Gasteiger partial charge in [0.25, 0.3) is 0 Å². The predicted molar refractivity (Wildman–Crippen MR) is 75.0 cm³/mol. The third kappa shape index (κ3) is 5.56. The van der Waals surface area contributed by atoms with Crippen molar-refractivity contribution in [2.75, 3.05) is 19.8 Å². The van der Waals surface area contributed by atoms with E-state index in [4.69, 9.17) is 4.74 Å². The average molecular weight is 354 g/mol. The van der Waals surface area contributed by atoms with E-state index in [0.29, 0.717) is 11.1 Å². The Morgan fingerprint density at radius 2 is 2.11 bits per heavy atom. The minimum Gasteiger partial charge on any atom is -0.380 e. The highest BCUT2D eigenvalue weighted by molar-refractivity contribution is 9.10. The second-order valence-electron chi connectivity index (χ2n) is 3.94. The Morgan fingerprint density at radius 3 is 2.74 bits per heavy atom. The lowest BCUT2D eigenvalue weighted by atomic mass is 10.3. The summed E-state index contributed by atoms with van der Waals surface area (Å²) in [4.78, 5) is -0.357. The van der Waals surface area contributed by atoms with Crippen LogP contribution in [0.15, 0.2) is 27.6 Å². The molecule has 4 nitrogen and oxygen atoms in total. The van der Waals surface area contributed by atoms with Crippen LogP contribution in [0.3, 0.4) is 0 Å². The quantitative estimate of drug-likeness (QED) is 0.731. The largest absolute Gasteiger partial charge is 0.380 e. The highest BCUT2D eigenvalue weighted by Gasteiger charge is 2.18. The van der Waals surface area contributed by atoms with Crippen LogP contribution in [0.25, 0.3) is 0 Å². The van der Waals surface area contributed by atoms with Crippen LogP contribution in [0, 0.1) is 5.82 Å². The van der Waals surface area contributed by atoms with E-state index in [1.54, 1.807) is 0 Å². The highest BCUT2D eigenvalue weighted by Crippen LogP contribution is 2.18. The summed E-state index contributed by atoms with van der Waals surface area (Å²) in [7, 11) is -3.83. The van der Waals surface area contributed by atoms with Gasteiger partial charge in [-0.2, -0.15) is 0 Å². The third-order valence-electron chi connectivity index (χ3n) is 2.36. The van der Waals surface area contributed by atoms with Crippen molar-refractivity contribution in [2.24, 2.45) is 0 Å². The van der Waals surface area contributed by atoms with Crippen LogP contribution in [0.5, 0.6) is 0 Å². The number of halogens is 2. The summed E-state index contributed by atoms with van der Waals surface area (Å²) in [6, 6.07) is 3.82. The first-order valence-electron chi connectivity index (χ1n) is 6.00. The first kappa shape index (κ1) is 16.6. The second-order valence-corrected chi connectivity index (χ2v) is 6.59. The van der Waals surface area contributed by atoms with Crippen molar-refractivity contribution in [3.8, 4) is 0 Å². The number of hydrogen-bond donors (Lipinski definition) is 1. The molecule has 1 aromatic carbocycles. The van der Waals surface area contributed by atoms with E-state index in [0.717, 1.165) is 18.9 Å². The summed E-state index contributed by atoms with van der Waals surface area (Å²) in [5, 5.41) is 0. The lowest BCUT2D eigenvalue weighted by molar-refractivity contribution is 0.136. The number of unbranched alkanes of at least 4 members (excludes halogenated alkanes) is 1. The standard InChI is InChI=1S/C12H17BrFNO3S/c1-2-3-7-18-8-6-15-19(16,17)12-5-4-10(13)9-11(12)14/h4-5,9,15H,2-3,6-8H2,1H3. The summed E-state index contributed by atoms with van der Waals surface area (Å²) < 4.78 is 45.2. The Bertz CT molecular complexity index is 508. The fourth-order valence-electron chi connectivity index (χ4n) is 1.37. The van der Waals surface area contributed by atoms with E-state index >= 15 is 0 Å². The van der Waals surface area contributed by atoms with Crippen molar-refractivity contribution in [1.29, 1.82) is 0 Å². The second kappa shape index (κ2) is 7.94. The molecule has 0 aliphatic heterocycles. The van der Waals surface area contributed by atoms with Gasteiger partial charge < -0.3 is 4.74 Å². The average Bonchev–Trinajstić information content (AvgIpc) is 2.33. The summed E-state index contributed by atoms with van der Waals surface area (Å²) in [5.74, 6) is -0.784. The van der Waals surface area contributed by atoms with E-state index in [2.05, 4.69) is 20.7 Å². The molecule has 0 amide bonds. The number of sulfonamides is 1. The molecule has 0 bridgehead atoms. The Hall–Kier alpha value is -0.500. The van der Waals surface area contributed by atoms with E-state index in [1.165, 1.54) is 12.1 Å². The van der Waals surface area contributed by atoms with Crippen LogP contribution in [0.2, 0.25) is 0 Å². The molecular formula is C12H17BrFNO3S. The van der Waals surface area contributed by atoms with Gasteiger partial charge in [0.05, 0.1) is 6.61 Å². The van der Waals surface area contributed by atoms with Crippen molar-refractivity contribution in [3.63, 3.8) is 0 Å². The van der Waals surface area contributed by atoms with Crippen molar-refractivity contribution in [3.05, 3.63) is 28.5 Å². The predicted octanol–water partition coefficient (Wildman–Crippen LogP) is 2.68. The Kier molecular flexibility index (Phi) is 6.92. The van der Waals surface area contributed by atoms with Gasteiger partial charge in [-0.05, 0) is 24.6 Å². The van der Waals surface area contributed by atoms with E-state index in [9.17, 15) is 12.8 Å². The van der Waals surface area contributed by atoms with Crippen molar-refractivity contribution in [2.45, 2.75) is 24.7 Å². The lowest BCUT2D eigenvalue weighted by Gasteiger charge is -2.08. The zero-order chi connectivity index (χ0) is 14.3. The fourth-order valence-corrected chi connectivity index (χ4v) is 2.77. The van der Waals surface area contributed by atoms with Gasteiger partial charge in [0.2, 0.25) is 10.0 Å². The van der Waals surface area contributed by atoms with E-state index in [1.807, 2.05) is 6.92 Å². The fraction of sp³-hybridized carbons (Fsp3) is 0.500. The van der Waals surface area contributed by atoms with Crippen LogP contribution in [-0.4, -0.2) is 28.2 Å². The molecule has 0 saturated heterocycles. The maximum absolute atomic E-state index is 13.5. The molecule has 7 heteroatoms. The molecule has 1 aromatic rings. The molecule has 0 aromatic heterocycles. The van der Waals surface area contributed by atoms with Gasteiger partial charge in [0.1, 0.15) is 10.7 Å². The zero-order valence-electron chi connectivity index (χ0n) is 10.7. The van der Waals surface area contributed by atoms with Crippen LogP contribution >= 0.6 is 15.9 Å². The van der Waals surface area contributed by atoms with Crippen molar-refractivity contribution < 1.29 is 17.5 Å². The molecule has 0 aliphatic rings. The monoisotopic (exact) mass is 353 g/mol. The molecule has 19 heavy (non-hydrogen) atoms. The zero-order valence-corrected chi connectivity index (χ0v) is 13.1. The first-order chi connectivity index (χ1) is 8.97. The smallest absolute Gasteiger partial charge is 0.243 e. The van der Waals surface area contributed by atoms with Crippen molar-refractivity contribution >= 4 is 26.0 Å². The highest BCUT2D eigenvalue weighted by atomic mass is 79.9. The van der Waals surface area contributed by atoms with Gasteiger partial charge in [0.15, 0.2) is 0 Å². The molecular weight excluding hydrogens is 337 g/mol. The molecule has 0 unspecified atom stereocenters. The number of ether oxygens (including phenoxy) is 1. The summed E-state index contributed by atoms with van der Waals surface area (Å²) in [6.07, 6.45) is 1.96. The number of benzene rings is 1. The third-order valence-corrected chi connectivity index (χ3v) is 4.35. The molecule has 0 radical (unpaired) electrons. The maximum atomic E-state index is 13.5. The summed E-state index contributed by atoms with van der Waals surface area (Å²) in [5.41, 5.74) is 0. The van der Waals surface area contributed by atoms with E-state index in [-0.39, 0.29) is 18.0 Å². The Morgan fingerprint density at radius 1 is 1.37 bits per heavy atom. The minimum atomic E-state index is -3.83. The lowest BCUT2D eigenvalue weighted by Crippen LogP contribution is -2.28. The Balaban J connectivity index is 2.52. The topological polar surface area (TPSA) is 55.4 Å². The van der Waals surface area contributed by atoms with E-state index < -0.39 is 15.8 Å². The summed E-state index contributed by atoms with van der Waals surface area (Å²) in [6.45, 7) is 3.05. The first-order valence-corrected chi connectivity index (χ1v) is 8.27. The number of rotatable bonds is 8. The van der Waals surface area contributed by atoms with Crippen LogP contribution in [-0.2, 0) is 14.8 Å². The molecule has 108 valence electrons. The van der Waals surface area contributed by atoms with Crippen LogP contribution in [0.4, 0.5) is 4.39 Å². The molecule has 0 heterocycles. The van der Waals surface area contributed by atoms with Gasteiger partial charge in [-0.15, -0.1) is 0 Å². The van der Waals surface area contributed by atoms with Gasteiger partial charge in [-0.1, -0.05) is 29.3 Å². The van der Waals surface area contributed by atoms with Crippen molar-refractivity contribution in [1.82, 2.24) is 4.72 Å². The molecule has 0 atom stereocenters. The Labute approximate surface area is 121 Å². The molecule has 0 saturated carbocycles. The number of nitrogens with one attached hydrogen (secondary N) is 1. The normalized spacial score (nSPS) is 11.7. The molecule has 1 N–H and O–H groups in total. The van der Waals surface area contributed by atoms with Crippen LogP contribution < -0.4 is 4.72 Å². The molecule has 0 fully saturated rings. The molecule has 0 aliphatic carbocycles. The maximum Gasteiger partial charge on any atom is 0.243 e. The van der Waals surface area contributed by atoms with Crippen LogP contribution in [0.1, 0.15) is 19.8 Å². The SMILES string of the molecule is CCCCOCCNS(=O)(=O)c1ccc(Br)cc1F. The molecule has 1 rings (SSSR count). The summed E-state index contributed by atoms with van der Waals surface area (Å²) >= 11 is 3.08. The van der Waals surface area contributed by atoms with Gasteiger partial charge in [-0.3, -0.25) is 0 Å². The number of hydrogen-bond acceptors (Lipinski definition) is 3. The van der Waals surface area contributed by atoms with Gasteiger partial charge in [0, 0.05) is 17.6 Å². The van der Waals surface area contributed by atoms with Gasteiger partial charge in [-0.25, -0.2) is 17.5 Å².